The van der Waals surface area contributed by atoms with Gasteiger partial charge in [0.2, 0.25) is 0 Å². The molecule has 1 amide bonds. The fourth-order valence-corrected chi connectivity index (χ4v) is 2.88. The van der Waals surface area contributed by atoms with Crippen LogP contribution in [0.4, 0.5) is 0 Å². The van der Waals surface area contributed by atoms with Gasteiger partial charge in [-0.25, -0.2) is 0 Å². The monoisotopic (exact) mass is 307 g/mol. The van der Waals surface area contributed by atoms with Crippen molar-refractivity contribution in [3.8, 4) is 5.75 Å². The number of benzene rings is 2. The zero-order valence-electron chi connectivity index (χ0n) is 13.3. The van der Waals surface area contributed by atoms with Gasteiger partial charge in [-0.15, -0.1) is 0 Å². The largest absolute Gasteiger partial charge is 0.508 e. The van der Waals surface area contributed by atoms with E-state index in [1.165, 1.54) is 5.57 Å². The van der Waals surface area contributed by atoms with Crippen LogP contribution in [0.1, 0.15) is 41.3 Å². The molecule has 1 atom stereocenters. The molecule has 3 heteroatoms. The number of aromatic hydroxyl groups is 1. The van der Waals surface area contributed by atoms with Crippen molar-refractivity contribution in [2.75, 3.05) is 0 Å². The highest BCUT2D eigenvalue weighted by Gasteiger charge is 2.15. The first-order chi connectivity index (χ1) is 11.1. The van der Waals surface area contributed by atoms with Crippen molar-refractivity contribution in [3.05, 3.63) is 71.3 Å². The third-order valence-corrected chi connectivity index (χ3v) is 4.22. The smallest absolute Gasteiger partial charge is 0.251 e. The van der Waals surface area contributed by atoms with Crippen LogP contribution in [-0.4, -0.2) is 11.0 Å². The van der Waals surface area contributed by atoms with E-state index in [0.29, 0.717) is 18.0 Å². The van der Waals surface area contributed by atoms with Gasteiger partial charge in [0.15, 0.2) is 0 Å². The first-order valence-corrected chi connectivity index (χ1v) is 7.97. The first kappa shape index (κ1) is 15.3. The number of phenolic OH excluding ortho intramolecular Hbond substituents is 1. The van der Waals surface area contributed by atoms with E-state index in [-0.39, 0.29) is 11.7 Å². The second kappa shape index (κ2) is 6.69. The van der Waals surface area contributed by atoms with E-state index in [9.17, 15) is 9.90 Å². The van der Waals surface area contributed by atoms with Crippen molar-refractivity contribution in [3.63, 3.8) is 0 Å². The van der Waals surface area contributed by atoms with Gasteiger partial charge < -0.3 is 10.4 Å². The van der Waals surface area contributed by atoms with Crippen LogP contribution in [0, 0.1) is 5.92 Å². The Kier molecular flexibility index (Phi) is 4.47. The van der Waals surface area contributed by atoms with Crippen LogP contribution in [0.2, 0.25) is 0 Å². The van der Waals surface area contributed by atoms with Crippen molar-refractivity contribution >= 4 is 11.5 Å². The van der Waals surface area contributed by atoms with Crippen LogP contribution in [0.5, 0.6) is 5.75 Å². The summed E-state index contributed by atoms with van der Waals surface area (Å²) in [7, 11) is 0. The van der Waals surface area contributed by atoms with E-state index in [4.69, 9.17) is 0 Å². The topological polar surface area (TPSA) is 49.3 Å². The summed E-state index contributed by atoms with van der Waals surface area (Å²) in [6, 6.07) is 14.7. The molecule has 0 saturated heterocycles. The van der Waals surface area contributed by atoms with Crippen molar-refractivity contribution in [2.24, 2.45) is 5.92 Å². The Hall–Kier alpha value is -2.55. The summed E-state index contributed by atoms with van der Waals surface area (Å²) in [6.07, 6.45) is 4.48. The zero-order chi connectivity index (χ0) is 16.2. The molecular weight excluding hydrogens is 286 g/mol. The molecule has 1 aliphatic rings. The minimum Gasteiger partial charge on any atom is -0.508 e. The van der Waals surface area contributed by atoms with Gasteiger partial charge in [0, 0.05) is 12.1 Å². The fraction of sp³-hybridized carbons (Fsp3) is 0.250. The van der Waals surface area contributed by atoms with Crippen LogP contribution in [-0.2, 0) is 6.54 Å². The van der Waals surface area contributed by atoms with Gasteiger partial charge in [0.1, 0.15) is 5.75 Å². The van der Waals surface area contributed by atoms with Crippen LogP contribution in [0.15, 0.2) is 54.6 Å². The van der Waals surface area contributed by atoms with Crippen LogP contribution in [0.25, 0.3) is 5.57 Å². The molecule has 0 fully saturated rings. The minimum absolute atomic E-state index is 0.0772. The number of amides is 1. The lowest BCUT2D eigenvalue weighted by atomic mass is 10.00. The summed E-state index contributed by atoms with van der Waals surface area (Å²) in [5.41, 5.74) is 4.12. The summed E-state index contributed by atoms with van der Waals surface area (Å²) in [4.78, 5) is 12.3. The van der Waals surface area contributed by atoms with Gasteiger partial charge in [0.25, 0.3) is 5.91 Å². The number of allylic oxidation sites excluding steroid dienone is 2. The predicted octanol–water partition coefficient (Wildman–Crippen LogP) is 4.14. The molecule has 2 aromatic rings. The van der Waals surface area contributed by atoms with Crippen LogP contribution >= 0.6 is 0 Å². The molecule has 0 aromatic heterocycles. The maximum Gasteiger partial charge on any atom is 0.251 e. The molecule has 2 N–H and O–H groups in total. The molecule has 0 heterocycles. The number of phenols is 1. The van der Waals surface area contributed by atoms with E-state index in [1.807, 2.05) is 18.2 Å². The summed E-state index contributed by atoms with van der Waals surface area (Å²) in [5, 5.41) is 12.2. The number of carbonyl (C=O) groups excluding carboxylic acids is 1. The first-order valence-electron chi connectivity index (χ1n) is 7.97. The third kappa shape index (κ3) is 3.81. The third-order valence-electron chi connectivity index (χ3n) is 4.22. The molecule has 3 nitrogen and oxygen atoms in total. The van der Waals surface area contributed by atoms with Crippen LogP contribution < -0.4 is 5.32 Å². The van der Waals surface area contributed by atoms with Crippen molar-refractivity contribution in [1.29, 1.82) is 0 Å². The molecule has 118 valence electrons. The molecule has 0 bridgehead atoms. The minimum atomic E-state index is -0.0772. The molecule has 0 radical (unpaired) electrons. The fourth-order valence-electron chi connectivity index (χ4n) is 2.88. The van der Waals surface area contributed by atoms with Gasteiger partial charge in [-0.1, -0.05) is 37.3 Å². The lowest BCUT2D eigenvalue weighted by Crippen LogP contribution is -2.22. The second-order valence-corrected chi connectivity index (χ2v) is 6.20. The van der Waals surface area contributed by atoms with Gasteiger partial charge in [0.05, 0.1) is 0 Å². The Bertz CT molecular complexity index is 732. The highest BCUT2D eigenvalue weighted by atomic mass is 16.3. The van der Waals surface area contributed by atoms with Crippen molar-refractivity contribution in [1.82, 2.24) is 5.32 Å². The van der Waals surface area contributed by atoms with E-state index >= 15 is 0 Å². The Balaban J connectivity index is 1.66. The lowest BCUT2D eigenvalue weighted by Gasteiger charge is -2.09. The summed E-state index contributed by atoms with van der Waals surface area (Å²) in [6.45, 7) is 2.70. The normalized spacial score (nSPS) is 16.9. The average molecular weight is 307 g/mol. The SMILES string of the molecule is CC1CC=C(c2cccc(C(=O)NCc3ccc(O)cc3)c2)C1. The maximum absolute atomic E-state index is 12.3. The predicted molar refractivity (Wildman–Crippen MR) is 92.1 cm³/mol. The summed E-state index contributed by atoms with van der Waals surface area (Å²) in [5.74, 6) is 0.843. The molecule has 3 rings (SSSR count). The Morgan fingerprint density at radius 3 is 2.70 bits per heavy atom. The van der Waals surface area contributed by atoms with E-state index in [0.717, 1.165) is 24.0 Å². The Morgan fingerprint density at radius 1 is 1.22 bits per heavy atom. The number of rotatable bonds is 4. The molecule has 1 unspecified atom stereocenters. The van der Waals surface area contributed by atoms with Crippen molar-refractivity contribution in [2.45, 2.75) is 26.3 Å². The molecular formula is C20H21NO2. The molecule has 2 aromatic carbocycles. The summed E-state index contributed by atoms with van der Waals surface area (Å²) < 4.78 is 0. The quantitative estimate of drug-likeness (QED) is 0.892. The van der Waals surface area contributed by atoms with Crippen LogP contribution in [0.3, 0.4) is 0 Å². The molecule has 0 aliphatic heterocycles. The standard InChI is InChI=1S/C20H21NO2/c1-14-5-8-17(11-14)16-3-2-4-18(12-16)20(23)21-13-15-6-9-19(22)10-7-15/h2-4,6-10,12,14,22H,5,11,13H2,1H3,(H,21,23). The van der Waals surface area contributed by atoms with Gasteiger partial charge in [-0.3, -0.25) is 4.79 Å². The number of carbonyl (C=O) groups is 1. The van der Waals surface area contributed by atoms with Gasteiger partial charge >= 0.3 is 0 Å². The molecule has 1 aliphatic carbocycles. The van der Waals surface area contributed by atoms with Gasteiger partial charge in [-0.2, -0.15) is 0 Å². The highest BCUT2D eigenvalue weighted by molar-refractivity contribution is 5.95. The number of hydrogen-bond donors (Lipinski definition) is 2. The molecule has 0 spiro atoms. The second-order valence-electron chi connectivity index (χ2n) is 6.20. The molecule has 23 heavy (non-hydrogen) atoms. The zero-order valence-corrected chi connectivity index (χ0v) is 13.3. The van der Waals surface area contributed by atoms with E-state index in [2.05, 4.69) is 24.4 Å². The highest BCUT2D eigenvalue weighted by Crippen LogP contribution is 2.32. The average Bonchev–Trinajstić information content (AvgIpc) is 3.01. The molecule has 0 saturated carbocycles. The number of nitrogens with one attached hydrogen (secondary N) is 1. The van der Waals surface area contributed by atoms with E-state index in [1.54, 1.807) is 24.3 Å². The Labute approximate surface area is 136 Å². The lowest BCUT2D eigenvalue weighted by molar-refractivity contribution is 0.0951. The van der Waals surface area contributed by atoms with E-state index < -0.39 is 0 Å². The maximum atomic E-state index is 12.3. The summed E-state index contributed by atoms with van der Waals surface area (Å²) >= 11 is 0. The van der Waals surface area contributed by atoms with Crippen molar-refractivity contribution < 1.29 is 9.90 Å². The van der Waals surface area contributed by atoms with Gasteiger partial charge in [-0.05, 0) is 59.7 Å². The Morgan fingerprint density at radius 2 is 2.00 bits per heavy atom. The number of hydrogen-bond acceptors (Lipinski definition) is 2.